The van der Waals surface area contributed by atoms with Crippen LogP contribution in [0.15, 0.2) is 47.5 Å². The molecule has 2 unspecified atom stereocenters. The Balaban J connectivity index is 1.82. The standard InChI is InChI=1S/C20H18IN3O3/c1-12-3-8-16-13(9-12)10-20(11-23(16)2)17(25)22-19(27)24(18(20)26)15-6-4-14(21)5-7-15/h3-9H,10-11H2,1-2H3,(H,22,25,27). The van der Waals surface area contributed by atoms with Crippen LogP contribution in [0, 0.1) is 15.9 Å². The van der Waals surface area contributed by atoms with Gasteiger partial charge in [-0.25, -0.2) is 14.7 Å². The summed E-state index contributed by atoms with van der Waals surface area (Å²) in [4.78, 5) is 31.6. The number of quaternary nitrogens is 1. The van der Waals surface area contributed by atoms with E-state index in [9.17, 15) is 14.7 Å². The number of hydrogen-bond acceptors (Lipinski definition) is 3. The number of fused-ring (bicyclic) bond motifs is 1. The predicted octanol–water partition coefficient (Wildman–Crippen LogP) is 1.21. The van der Waals surface area contributed by atoms with Crippen molar-refractivity contribution in [2.75, 3.05) is 18.5 Å². The smallest absolute Gasteiger partial charge is 0.353 e. The van der Waals surface area contributed by atoms with Gasteiger partial charge in [0.15, 0.2) is 0 Å². The number of aryl methyl sites for hydroxylation is 1. The number of rotatable bonds is 1. The lowest BCUT2D eigenvalue weighted by atomic mass is 9.75. The van der Waals surface area contributed by atoms with Crippen molar-refractivity contribution in [3.05, 3.63) is 57.2 Å². The van der Waals surface area contributed by atoms with Crippen LogP contribution in [0.25, 0.3) is 0 Å². The summed E-state index contributed by atoms with van der Waals surface area (Å²) in [5, 5.41) is 12.8. The summed E-state index contributed by atoms with van der Waals surface area (Å²) in [7, 11) is 1.93. The largest absolute Gasteiger partial charge is 0.861 e. The molecule has 0 bridgehead atoms. The Morgan fingerprint density at radius 2 is 1.89 bits per heavy atom. The molecule has 0 aliphatic carbocycles. The molecule has 2 heterocycles. The maximum atomic E-state index is 13.5. The van der Waals surface area contributed by atoms with Gasteiger partial charge in [0.2, 0.25) is 0 Å². The molecular weight excluding hydrogens is 457 g/mol. The first-order chi connectivity index (χ1) is 12.8. The van der Waals surface area contributed by atoms with Crippen LogP contribution >= 0.6 is 22.6 Å². The molecule has 2 aliphatic heterocycles. The van der Waals surface area contributed by atoms with Gasteiger partial charge in [0.1, 0.15) is 17.6 Å². The average Bonchev–Trinajstić information content (AvgIpc) is 2.61. The van der Waals surface area contributed by atoms with Crippen LogP contribution < -0.4 is 14.9 Å². The average molecular weight is 475 g/mol. The maximum absolute atomic E-state index is 13.5. The van der Waals surface area contributed by atoms with Crippen LogP contribution in [-0.2, 0) is 11.2 Å². The summed E-state index contributed by atoms with van der Waals surface area (Å²) in [6.45, 7) is 2.26. The lowest BCUT2D eigenvalue weighted by Crippen LogP contribution is -3.08. The highest BCUT2D eigenvalue weighted by Crippen LogP contribution is 2.36. The second-order valence-electron chi connectivity index (χ2n) is 7.19. The van der Waals surface area contributed by atoms with Crippen molar-refractivity contribution in [3.63, 3.8) is 0 Å². The Kier molecular flexibility index (Phi) is 4.31. The Morgan fingerprint density at radius 3 is 2.59 bits per heavy atom. The number of anilines is 1. The fraction of sp³-hybridized carbons (Fsp3) is 0.250. The molecule has 4 rings (SSSR count). The number of benzene rings is 2. The SMILES string of the molecule is Cc1ccc2c(c1)CC1(C[NH+]2C)C(=O)N(c2ccc(I)cc2)C(=O)N=C1[O-]. The molecule has 7 heteroatoms. The first kappa shape index (κ1) is 18.1. The van der Waals surface area contributed by atoms with Crippen LogP contribution in [0.3, 0.4) is 0 Å². The molecule has 0 fully saturated rings. The fourth-order valence-electron chi connectivity index (χ4n) is 3.98. The van der Waals surface area contributed by atoms with E-state index in [0.29, 0.717) is 5.69 Å². The van der Waals surface area contributed by atoms with Crippen molar-refractivity contribution < 1.29 is 19.6 Å². The predicted molar refractivity (Wildman–Crippen MR) is 108 cm³/mol. The van der Waals surface area contributed by atoms with Gasteiger partial charge in [0, 0.05) is 15.6 Å². The number of amides is 3. The Morgan fingerprint density at radius 1 is 1.19 bits per heavy atom. The second kappa shape index (κ2) is 6.42. The minimum absolute atomic E-state index is 0.261. The molecular formula is C20H18IN3O3. The van der Waals surface area contributed by atoms with Crippen molar-refractivity contribution in [1.29, 1.82) is 0 Å². The van der Waals surface area contributed by atoms with E-state index < -0.39 is 23.3 Å². The molecule has 0 radical (unpaired) electrons. The van der Waals surface area contributed by atoms with E-state index in [-0.39, 0.29) is 13.0 Å². The molecule has 0 saturated heterocycles. The van der Waals surface area contributed by atoms with Gasteiger partial charge in [0.05, 0.1) is 12.7 Å². The van der Waals surface area contributed by atoms with Gasteiger partial charge in [-0.3, -0.25) is 4.79 Å². The lowest BCUT2D eigenvalue weighted by molar-refractivity contribution is -0.818. The van der Waals surface area contributed by atoms with Crippen LogP contribution in [0.5, 0.6) is 0 Å². The normalized spacial score (nSPS) is 24.8. The number of nitrogens with zero attached hydrogens (tertiary/aromatic N) is 2. The van der Waals surface area contributed by atoms with Crippen molar-refractivity contribution in [1.82, 2.24) is 0 Å². The molecule has 2 aromatic rings. The number of imide groups is 1. The van der Waals surface area contributed by atoms with E-state index >= 15 is 0 Å². The van der Waals surface area contributed by atoms with Gasteiger partial charge in [-0.1, -0.05) is 17.7 Å². The minimum atomic E-state index is -1.35. The van der Waals surface area contributed by atoms with Gasteiger partial charge in [-0.15, -0.1) is 0 Å². The number of carbonyl (C=O) groups excluding carboxylic acids is 2. The first-order valence-corrected chi connectivity index (χ1v) is 9.72. The quantitative estimate of drug-likeness (QED) is 0.631. The Bertz CT molecular complexity index is 986. The molecule has 1 spiro atoms. The molecule has 0 aromatic heterocycles. The van der Waals surface area contributed by atoms with Gasteiger partial charge in [-0.05, 0) is 65.7 Å². The second-order valence-corrected chi connectivity index (χ2v) is 8.44. The molecule has 2 aliphatic rings. The molecule has 2 aromatic carbocycles. The van der Waals surface area contributed by atoms with Crippen molar-refractivity contribution in [2.45, 2.75) is 13.3 Å². The third kappa shape index (κ3) is 2.85. The van der Waals surface area contributed by atoms with E-state index in [1.165, 1.54) is 0 Å². The summed E-state index contributed by atoms with van der Waals surface area (Å²) in [6.07, 6.45) is 0.261. The van der Waals surface area contributed by atoms with Crippen LogP contribution in [-0.4, -0.2) is 31.4 Å². The van der Waals surface area contributed by atoms with Crippen molar-refractivity contribution in [3.8, 4) is 0 Å². The van der Waals surface area contributed by atoms with E-state index in [1.807, 2.05) is 44.3 Å². The highest BCUT2D eigenvalue weighted by atomic mass is 127. The zero-order valence-electron chi connectivity index (χ0n) is 15.0. The number of halogens is 1. The fourth-order valence-corrected chi connectivity index (χ4v) is 4.34. The Hall–Kier alpha value is -2.26. The lowest BCUT2D eigenvalue weighted by Gasteiger charge is -2.45. The maximum Gasteiger partial charge on any atom is 0.353 e. The molecule has 3 amide bonds. The highest BCUT2D eigenvalue weighted by Gasteiger charge is 2.53. The minimum Gasteiger partial charge on any atom is -0.861 e. The molecule has 27 heavy (non-hydrogen) atoms. The van der Waals surface area contributed by atoms with Crippen molar-refractivity contribution in [2.24, 2.45) is 10.4 Å². The van der Waals surface area contributed by atoms with Gasteiger partial charge >= 0.3 is 6.03 Å². The molecule has 1 N–H and O–H groups in total. The van der Waals surface area contributed by atoms with Gasteiger partial charge in [-0.2, -0.15) is 0 Å². The third-order valence-electron chi connectivity index (χ3n) is 5.27. The summed E-state index contributed by atoms with van der Waals surface area (Å²) in [6, 6.07) is 12.3. The summed E-state index contributed by atoms with van der Waals surface area (Å²) >= 11 is 2.15. The van der Waals surface area contributed by atoms with E-state index in [2.05, 4.69) is 27.6 Å². The highest BCUT2D eigenvalue weighted by molar-refractivity contribution is 14.1. The van der Waals surface area contributed by atoms with E-state index in [4.69, 9.17) is 0 Å². The third-order valence-corrected chi connectivity index (χ3v) is 5.99. The van der Waals surface area contributed by atoms with Gasteiger partial charge in [0.25, 0.3) is 5.91 Å². The van der Waals surface area contributed by atoms with Crippen LogP contribution in [0.4, 0.5) is 16.2 Å². The van der Waals surface area contributed by atoms with E-state index in [1.54, 1.807) is 12.1 Å². The number of urea groups is 1. The number of hydrogen-bond donors (Lipinski definition) is 1. The van der Waals surface area contributed by atoms with Crippen LogP contribution in [0.2, 0.25) is 0 Å². The summed E-state index contributed by atoms with van der Waals surface area (Å²) in [5.74, 6) is -1.12. The van der Waals surface area contributed by atoms with E-state index in [0.717, 1.165) is 30.2 Å². The van der Waals surface area contributed by atoms with Crippen molar-refractivity contribution >= 4 is 51.8 Å². The number of aliphatic imine (C=N–C) groups is 1. The van der Waals surface area contributed by atoms with Crippen LogP contribution in [0.1, 0.15) is 11.1 Å². The zero-order chi connectivity index (χ0) is 19.3. The topological polar surface area (TPSA) is 77.2 Å². The summed E-state index contributed by atoms with van der Waals surface area (Å²) < 4.78 is 0.988. The van der Waals surface area contributed by atoms with Gasteiger partial charge < -0.3 is 10.0 Å². The summed E-state index contributed by atoms with van der Waals surface area (Å²) in [5.41, 5.74) is 2.18. The molecule has 138 valence electrons. The zero-order valence-corrected chi connectivity index (χ0v) is 17.1. The monoisotopic (exact) mass is 475 g/mol. The number of carbonyl (C=O) groups is 2. The first-order valence-electron chi connectivity index (χ1n) is 8.64. The Labute approximate surface area is 170 Å². The molecule has 2 atom stereocenters. The number of nitrogens with one attached hydrogen (secondary N) is 1. The molecule has 6 nitrogen and oxygen atoms in total. The molecule has 0 saturated carbocycles.